The molecule has 3 aliphatic rings. The van der Waals surface area contributed by atoms with Crippen LogP contribution < -0.4 is 0 Å². The molecule has 2 fully saturated rings. The van der Waals surface area contributed by atoms with Gasteiger partial charge in [-0.2, -0.15) is 0 Å². The predicted octanol–water partition coefficient (Wildman–Crippen LogP) is -0.696. The lowest BCUT2D eigenvalue weighted by Crippen LogP contribution is -2.62. The molecular weight excluding hydrogens is 354 g/mol. The van der Waals surface area contributed by atoms with E-state index in [4.69, 9.17) is 0 Å². The maximum Gasteiger partial charge on any atom is 0.237 e. The molecule has 8 heteroatoms. The van der Waals surface area contributed by atoms with Crippen LogP contribution in [0, 0.1) is 0 Å². The first kappa shape index (κ1) is 17.9. The second-order valence-electron chi connectivity index (χ2n) is 7.47. The number of nitrogens with zero attached hydrogens (tertiary/aromatic N) is 3. The van der Waals surface area contributed by atoms with Crippen LogP contribution in [0.1, 0.15) is 11.1 Å². The Hall–Kier alpha value is -1.48. The van der Waals surface area contributed by atoms with Gasteiger partial charge in [0.2, 0.25) is 5.91 Å². The maximum atomic E-state index is 12.9. The summed E-state index contributed by atoms with van der Waals surface area (Å²) in [6.45, 7) is 3.44. The fourth-order valence-corrected chi connectivity index (χ4v) is 6.55. The summed E-state index contributed by atoms with van der Waals surface area (Å²) in [5, 5.41) is 9.24. The zero-order valence-electron chi connectivity index (χ0n) is 14.7. The van der Waals surface area contributed by atoms with Gasteiger partial charge in [-0.1, -0.05) is 24.3 Å². The van der Waals surface area contributed by atoms with Crippen molar-refractivity contribution in [2.24, 2.45) is 0 Å². The van der Waals surface area contributed by atoms with E-state index < -0.39 is 9.84 Å². The summed E-state index contributed by atoms with van der Waals surface area (Å²) in [4.78, 5) is 18.8. The molecule has 3 heterocycles. The van der Waals surface area contributed by atoms with Crippen LogP contribution in [0.2, 0.25) is 0 Å². The molecule has 0 saturated carbocycles. The van der Waals surface area contributed by atoms with Crippen molar-refractivity contribution < 1.29 is 18.3 Å². The topological polar surface area (TPSA) is 81.2 Å². The van der Waals surface area contributed by atoms with Gasteiger partial charge in [-0.25, -0.2) is 8.42 Å². The molecule has 1 aromatic rings. The average molecular weight is 379 g/mol. The van der Waals surface area contributed by atoms with Crippen LogP contribution in [-0.2, 0) is 27.7 Å². The van der Waals surface area contributed by atoms with Crippen LogP contribution in [0.4, 0.5) is 0 Å². The first-order valence-corrected chi connectivity index (χ1v) is 10.9. The van der Waals surface area contributed by atoms with E-state index in [0.29, 0.717) is 26.2 Å². The monoisotopic (exact) mass is 379 g/mol. The Morgan fingerprint density at radius 2 is 1.73 bits per heavy atom. The SMILES string of the molecule is O=C(CN1Cc2ccccc2C1)N1CCN(CCO)[C@H]2CS(=O)(=O)C[C@H]21. The average Bonchev–Trinajstić information content (AvgIpc) is 3.14. The van der Waals surface area contributed by atoms with Crippen molar-refractivity contribution in [2.75, 3.05) is 44.3 Å². The Morgan fingerprint density at radius 1 is 1.08 bits per heavy atom. The van der Waals surface area contributed by atoms with E-state index in [1.807, 2.05) is 17.0 Å². The number of amides is 1. The zero-order chi connectivity index (χ0) is 18.3. The van der Waals surface area contributed by atoms with Crippen LogP contribution in [0.25, 0.3) is 0 Å². The lowest BCUT2D eigenvalue weighted by atomic mass is 10.0. The Balaban J connectivity index is 1.45. The second-order valence-corrected chi connectivity index (χ2v) is 9.63. The molecule has 0 aliphatic carbocycles. The van der Waals surface area contributed by atoms with Gasteiger partial charge in [0.05, 0.1) is 30.7 Å². The van der Waals surface area contributed by atoms with Gasteiger partial charge in [0, 0.05) is 38.8 Å². The first-order valence-electron chi connectivity index (χ1n) is 9.11. The van der Waals surface area contributed by atoms with Crippen molar-refractivity contribution in [3.63, 3.8) is 0 Å². The molecule has 1 N–H and O–H groups in total. The highest BCUT2D eigenvalue weighted by Crippen LogP contribution is 2.28. The summed E-state index contributed by atoms with van der Waals surface area (Å²) in [6.07, 6.45) is 0. The number of carbonyl (C=O) groups excluding carboxylic acids is 1. The molecule has 0 spiro atoms. The van der Waals surface area contributed by atoms with Crippen molar-refractivity contribution in [2.45, 2.75) is 25.2 Å². The van der Waals surface area contributed by atoms with Crippen molar-refractivity contribution in [3.05, 3.63) is 35.4 Å². The molecule has 7 nitrogen and oxygen atoms in total. The van der Waals surface area contributed by atoms with Gasteiger partial charge in [0.15, 0.2) is 9.84 Å². The number of aliphatic hydroxyl groups is 1. The molecule has 26 heavy (non-hydrogen) atoms. The molecule has 0 unspecified atom stereocenters. The lowest BCUT2D eigenvalue weighted by Gasteiger charge is -2.44. The molecule has 3 aliphatic heterocycles. The first-order chi connectivity index (χ1) is 12.5. The van der Waals surface area contributed by atoms with E-state index in [1.165, 1.54) is 11.1 Å². The third-order valence-corrected chi connectivity index (χ3v) is 7.46. The minimum Gasteiger partial charge on any atom is -0.395 e. The standard InChI is InChI=1S/C18H25N3O4S/c22-8-7-20-5-6-21(17-13-26(24,25)12-16(17)20)18(23)11-19-9-14-3-1-2-4-15(14)10-19/h1-4,16-17,22H,5-13H2/t16-,17+/m0/s1. The molecule has 1 amide bonds. The zero-order valence-corrected chi connectivity index (χ0v) is 15.6. The fourth-order valence-electron chi connectivity index (χ4n) is 4.54. The highest BCUT2D eigenvalue weighted by atomic mass is 32.2. The number of carbonyl (C=O) groups is 1. The third kappa shape index (κ3) is 3.38. The van der Waals surface area contributed by atoms with Crippen LogP contribution in [0.5, 0.6) is 0 Å². The summed E-state index contributed by atoms with van der Waals surface area (Å²) in [7, 11) is -3.15. The maximum absolute atomic E-state index is 12.9. The Kier molecular flexibility index (Phi) is 4.77. The van der Waals surface area contributed by atoms with Crippen molar-refractivity contribution >= 4 is 15.7 Å². The van der Waals surface area contributed by atoms with E-state index in [-0.39, 0.29) is 36.1 Å². The number of benzene rings is 1. The second kappa shape index (κ2) is 6.92. The van der Waals surface area contributed by atoms with Crippen molar-refractivity contribution in [1.29, 1.82) is 0 Å². The van der Waals surface area contributed by atoms with Gasteiger partial charge < -0.3 is 10.0 Å². The molecule has 0 radical (unpaired) electrons. The van der Waals surface area contributed by atoms with E-state index in [2.05, 4.69) is 17.0 Å². The van der Waals surface area contributed by atoms with Gasteiger partial charge >= 0.3 is 0 Å². The smallest absolute Gasteiger partial charge is 0.237 e. The van der Waals surface area contributed by atoms with E-state index in [0.717, 1.165) is 13.1 Å². The number of β-amino-alcohol motifs (C(OH)–C–C–N with tert-alkyl or cyclic N) is 1. The number of sulfone groups is 1. The summed E-state index contributed by atoms with van der Waals surface area (Å²) < 4.78 is 24.3. The minimum absolute atomic E-state index is 0.00322. The predicted molar refractivity (Wildman–Crippen MR) is 97.2 cm³/mol. The minimum atomic E-state index is -3.15. The molecule has 0 bridgehead atoms. The van der Waals surface area contributed by atoms with E-state index in [1.54, 1.807) is 4.90 Å². The molecule has 0 aromatic heterocycles. The van der Waals surface area contributed by atoms with E-state index >= 15 is 0 Å². The highest BCUT2D eigenvalue weighted by molar-refractivity contribution is 7.91. The number of rotatable bonds is 4. The molecule has 142 valence electrons. The normalized spacial score (nSPS) is 28.1. The van der Waals surface area contributed by atoms with Gasteiger partial charge in [-0.05, 0) is 11.1 Å². The molecule has 1 aromatic carbocycles. The lowest BCUT2D eigenvalue weighted by molar-refractivity contribution is -0.138. The number of fused-ring (bicyclic) bond motifs is 2. The third-order valence-electron chi connectivity index (χ3n) is 5.76. The molecule has 2 atom stereocenters. The summed E-state index contributed by atoms with van der Waals surface area (Å²) >= 11 is 0. The fraction of sp³-hybridized carbons (Fsp3) is 0.611. The number of hydrogen-bond acceptors (Lipinski definition) is 6. The Bertz CT molecular complexity index is 772. The molecular formula is C18H25N3O4S. The van der Waals surface area contributed by atoms with Crippen LogP contribution >= 0.6 is 0 Å². The number of piperazine rings is 1. The van der Waals surface area contributed by atoms with Gasteiger partial charge in [-0.15, -0.1) is 0 Å². The summed E-state index contributed by atoms with van der Waals surface area (Å²) in [5.74, 6) is 0.121. The highest BCUT2D eigenvalue weighted by Gasteiger charge is 2.47. The summed E-state index contributed by atoms with van der Waals surface area (Å²) in [5.41, 5.74) is 2.52. The Morgan fingerprint density at radius 3 is 2.38 bits per heavy atom. The number of hydrogen-bond donors (Lipinski definition) is 1. The van der Waals surface area contributed by atoms with Crippen LogP contribution in [0.15, 0.2) is 24.3 Å². The molecule has 4 rings (SSSR count). The molecule has 2 saturated heterocycles. The van der Waals surface area contributed by atoms with Gasteiger partial charge in [-0.3, -0.25) is 14.6 Å². The number of aliphatic hydroxyl groups excluding tert-OH is 1. The van der Waals surface area contributed by atoms with Crippen LogP contribution in [-0.4, -0.2) is 90.5 Å². The van der Waals surface area contributed by atoms with Gasteiger partial charge in [0.25, 0.3) is 0 Å². The van der Waals surface area contributed by atoms with Crippen molar-refractivity contribution in [3.8, 4) is 0 Å². The van der Waals surface area contributed by atoms with Gasteiger partial charge in [0.1, 0.15) is 0 Å². The van der Waals surface area contributed by atoms with Crippen molar-refractivity contribution in [1.82, 2.24) is 14.7 Å². The van der Waals surface area contributed by atoms with Crippen LogP contribution in [0.3, 0.4) is 0 Å². The van der Waals surface area contributed by atoms with E-state index in [9.17, 15) is 18.3 Å². The largest absolute Gasteiger partial charge is 0.395 e. The quantitative estimate of drug-likeness (QED) is 0.746. The Labute approximate surface area is 154 Å². The summed E-state index contributed by atoms with van der Waals surface area (Å²) in [6, 6.07) is 7.72.